The van der Waals surface area contributed by atoms with Crippen molar-refractivity contribution in [2.24, 2.45) is 0 Å². The van der Waals surface area contributed by atoms with Crippen molar-refractivity contribution in [1.82, 2.24) is 4.57 Å². The fourth-order valence-corrected chi connectivity index (χ4v) is 4.13. The standard InChI is InChI=1S/C26H18F3NO/c1-31-20-12-10-18(11-13-20)25(30-15-14-17-6-3-5-9-23(17)30)24-21-8-4-2-7-19(21)16-22(24)26(27,28)29/h2-16H,1H3/b25-24-. The minimum Gasteiger partial charge on any atom is -0.497 e. The van der Waals surface area contributed by atoms with E-state index in [0.717, 1.165) is 10.9 Å². The third kappa shape index (κ3) is 3.22. The molecule has 4 aromatic rings. The van der Waals surface area contributed by atoms with Crippen LogP contribution in [0.2, 0.25) is 0 Å². The van der Waals surface area contributed by atoms with Crippen LogP contribution in [-0.4, -0.2) is 17.9 Å². The fourth-order valence-electron chi connectivity index (χ4n) is 4.13. The van der Waals surface area contributed by atoms with Crippen molar-refractivity contribution in [3.8, 4) is 5.75 Å². The maximum atomic E-state index is 14.2. The molecule has 5 rings (SSSR count). The number of allylic oxidation sites excluding steroid dienone is 2. The number of methoxy groups -OCH3 is 1. The molecule has 0 saturated heterocycles. The van der Waals surface area contributed by atoms with Crippen molar-refractivity contribution in [2.75, 3.05) is 7.11 Å². The molecule has 0 N–H and O–H groups in total. The Morgan fingerprint density at radius 3 is 2.29 bits per heavy atom. The molecule has 0 aliphatic heterocycles. The molecule has 0 spiro atoms. The molecule has 31 heavy (non-hydrogen) atoms. The first-order valence-electron chi connectivity index (χ1n) is 9.81. The van der Waals surface area contributed by atoms with Gasteiger partial charge in [0.1, 0.15) is 5.75 Å². The van der Waals surface area contributed by atoms with Crippen LogP contribution in [0.5, 0.6) is 5.75 Å². The number of hydrogen-bond donors (Lipinski definition) is 0. The highest BCUT2D eigenvalue weighted by Gasteiger charge is 2.41. The predicted octanol–water partition coefficient (Wildman–Crippen LogP) is 7.03. The zero-order valence-electron chi connectivity index (χ0n) is 16.6. The Morgan fingerprint density at radius 2 is 1.55 bits per heavy atom. The summed E-state index contributed by atoms with van der Waals surface area (Å²) in [6.07, 6.45) is -1.43. The van der Waals surface area contributed by atoms with E-state index in [4.69, 9.17) is 4.74 Å². The molecule has 1 aliphatic rings. The van der Waals surface area contributed by atoms with E-state index in [1.165, 1.54) is 6.08 Å². The van der Waals surface area contributed by atoms with Gasteiger partial charge >= 0.3 is 6.18 Å². The Balaban J connectivity index is 1.89. The first-order valence-corrected chi connectivity index (χ1v) is 9.81. The van der Waals surface area contributed by atoms with E-state index in [9.17, 15) is 13.2 Å². The molecule has 1 aliphatic carbocycles. The second-order valence-corrected chi connectivity index (χ2v) is 7.34. The lowest BCUT2D eigenvalue weighted by Gasteiger charge is -2.20. The minimum absolute atomic E-state index is 0.176. The van der Waals surface area contributed by atoms with Gasteiger partial charge in [0.05, 0.1) is 23.9 Å². The second kappa shape index (κ2) is 7.20. The molecule has 0 fully saturated rings. The normalized spacial score (nSPS) is 15.0. The maximum Gasteiger partial charge on any atom is 0.417 e. The molecule has 1 aromatic heterocycles. The van der Waals surface area contributed by atoms with Crippen LogP contribution in [0.3, 0.4) is 0 Å². The van der Waals surface area contributed by atoms with Gasteiger partial charge in [0.25, 0.3) is 0 Å². The zero-order chi connectivity index (χ0) is 21.6. The fraction of sp³-hybridized carbons (Fsp3) is 0.0769. The molecule has 0 atom stereocenters. The lowest BCUT2D eigenvalue weighted by atomic mass is 9.96. The number of alkyl halides is 3. The summed E-state index contributed by atoms with van der Waals surface area (Å²) in [5, 5.41) is 0.956. The maximum absolute atomic E-state index is 14.2. The SMILES string of the molecule is COc1ccc(/C(=C2/C(C(F)(F)F)=Cc3ccccc32)n2ccc3ccccc32)cc1. The monoisotopic (exact) mass is 417 g/mol. The van der Waals surface area contributed by atoms with Gasteiger partial charge in [-0.2, -0.15) is 13.2 Å². The third-order valence-corrected chi connectivity index (χ3v) is 5.55. The summed E-state index contributed by atoms with van der Waals surface area (Å²) in [6, 6.07) is 23.7. The van der Waals surface area contributed by atoms with E-state index in [1.54, 1.807) is 55.6 Å². The van der Waals surface area contributed by atoms with Crippen molar-refractivity contribution < 1.29 is 17.9 Å². The Kier molecular flexibility index (Phi) is 4.47. The Morgan fingerprint density at radius 1 is 0.839 bits per heavy atom. The molecular weight excluding hydrogens is 399 g/mol. The van der Waals surface area contributed by atoms with Gasteiger partial charge in [-0.3, -0.25) is 0 Å². The number of aromatic nitrogens is 1. The van der Waals surface area contributed by atoms with E-state index in [2.05, 4.69) is 0 Å². The molecule has 5 heteroatoms. The van der Waals surface area contributed by atoms with E-state index in [1.807, 2.05) is 41.1 Å². The van der Waals surface area contributed by atoms with Gasteiger partial charge in [0.2, 0.25) is 0 Å². The highest BCUT2D eigenvalue weighted by Crippen LogP contribution is 2.48. The zero-order valence-corrected chi connectivity index (χ0v) is 16.6. The molecule has 0 radical (unpaired) electrons. The molecular formula is C26H18F3NO. The van der Waals surface area contributed by atoms with Gasteiger partial charge in [-0.15, -0.1) is 0 Å². The Bertz CT molecular complexity index is 1340. The van der Waals surface area contributed by atoms with Crippen LogP contribution in [0.15, 0.2) is 90.6 Å². The first kappa shape index (κ1) is 19.2. The van der Waals surface area contributed by atoms with Crippen LogP contribution in [0, 0.1) is 0 Å². The van der Waals surface area contributed by atoms with Crippen molar-refractivity contribution in [3.63, 3.8) is 0 Å². The summed E-state index contributed by atoms with van der Waals surface area (Å²) in [4.78, 5) is 0. The van der Waals surface area contributed by atoms with Crippen LogP contribution in [0.1, 0.15) is 16.7 Å². The number of benzene rings is 3. The molecule has 154 valence electrons. The van der Waals surface area contributed by atoms with Crippen LogP contribution in [-0.2, 0) is 0 Å². The Labute approximate surface area is 177 Å². The van der Waals surface area contributed by atoms with Gasteiger partial charge in [0.15, 0.2) is 0 Å². The average Bonchev–Trinajstić information content (AvgIpc) is 3.37. The van der Waals surface area contributed by atoms with E-state index in [0.29, 0.717) is 28.1 Å². The van der Waals surface area contributed by atoms with Crippen LogP contribution in [0.4, 0.5) is 13.2 Å². The number of ether oxygens (including phenoxy) is 1. The second-order valence-electron chi connectivity index (χ2n) is 7.34. The van der Waals surface area contributed by atoms with Crippen molar-refractivity contribution in [3.05, 3.63) is 107 Å². The van der Waals surface area contributed by atoms with E-state index < -0.39 is 11.7 Å². The predicted molar refractivity (Wildman–Crippen MR) is 118 cm³/mol. The van der Waals surface area contributed by atoms with Crippen molar-refractivity contribution in [2.45, 2.75) is 6.18 Å². The van der Waals surface area contributed by atoms with E-state index >= 15 is 0 Å². The molecule has 0 bridgehead atoms. The summed E-state index contributed by atoms with van der Waals surface area (Å²) in [7, 11) is 1.56. The molecule has 0 saturated carbocycles. The largest absolute Gasteiger partial charge is 0.497 e. The molecule has 2 nitrogen and oxygen atoms in total. The van der Waals surface area contributed by atoms with Gasteiger partial charge in [0, 0.05) is 11.8 Å². The number of hydrogen-bond acceptors (Lipinski definition) is 1. The van der Waals surface area contributed by atoms with E-state index in [-0.39, 0.29) is 5.57 Å². The first-order chi connectivity index (χ1) is 15.0. The lowest BCUT2D eigenvalue weighted by molar-refractivity contribution is -0.0859. The average molecular weight is 417 g/mol. The molecule has 3 aromatic carbocycles. The van der Waals surface area contributed by atoms with Crippen LogP contribution >= 0.6 is 0 Å². The van der Waals surface area contributed by atoms with Crippen LogP contribution < -0.4 is 4.74 Å². The molecule has 0 amide bonds. The summed E-state index contributed by atoms with van der Waals surface area (Å²) in [6.45, 7) is 0. The van der Waals surface area contributed by atoms with Gasteiger partial charge in [-0.1, -0.05) is 42.5 Å². The highest BCUT2D eigenvalue weighted by atomic mass is 19.4. The third-order valence-electron chi connectivity index (χ3n) is 5.55. The summed E-state index contributed by atoms with van der Waals surface area (Å²) < 4.78 is 49.7. The minimum atomic E-state index is -4.49. The summed E-state index contributed by atoms with van der Waals surface area (Å²) in [5.74, 6) is 0.642. The lowest BCUT2D eigenvalue weighted by Crippen LogP contribution is -2.14. The number of halogens is 3. The Hall–Kier alpha value is -3.73. The smallest absolute Gasteiger partial charge is 0.417 e. The van der Waals surface area contributed by atoms with Crippen molar-refractivity contribution >= 4 is 28.2 Å². The van der Waals surface area contributed by atoms with Gasteiger partial charge in [-0.05, 0) is 64.6 Å². The van der Waals surface area contributed by atoms with Gasteiger partial charge < -0.3 is 9.30 Å². The van der Waals surface area contributed by atoms with Gasteiger partial charge in [-0.25, -0.2) is 0 Å². The summed E-state index contributed by atoms with van der Waals surface area (Å²) in [5.41, 5.74) is 2.66. The van der Waals surface area contributed by atoms with Crippen molar-refractivity contribution in [1.29, 1.82) is 0 Å². The molecule has 0 unspecified atom stereocenters. The summed E-state index contributed by atoms with van der Waals surface area (Å²) >= 11 is 0. The number of fused-ring (bicyclic) bond motifs is 2. The quantitative estimate of drug-likeness (QED) is 0.349. The number of para-hydroxylation sites is 1. The topological polar surface area (TPSA) is 14.2 Å². The number of nitrogens with zero attached hydrogens (tertiary/aromatic N) is 1. The number of rotatable bonds is 3. The van der Waals surface area contributed by atoms with Crippen LogP contribution in [0.25, 0.3) is 28.2 Å². The molecule has 1 heterocycles. The highest BCUT2D eigenvalue weighted by molar-refractivity contribution is 6.08.